The fourth-order valence-electron chi connectivity index (χ4n) is 3.76. The van der Waals surface area contributed by atoms with Crippen molar-refractivity contribution in [2.75, 3.05) is 39.6 Å². The minimum atomic E-state index is -3.15. The van der Waals surface area contributed by atoms with E-state index in [1.54, 1.807) is 0 Å². The van der Waals surface area contributed by atoms with Crippen molar-refractivity contribution in [2.45, 2.75) is 119 Å². The van der Waals surface area contributed by atoms with Crippen molar-refractivity contribution in [1.29, 1.82) is 0 Å². The Morgan fingerprint density at radius 1 is 0.421 bits per heavy atom. The van der Waals surface area contributed by atoms with Gasteiger partial charge in [0.05, 0.1) is 0 Å². The Hall–Kier alpha value is -0.586. The summed E-state index contributed by atoms with van der Waals surface area (Å²) in [5.41, 5.74) is 0. The van der Waals surface area contributed by atoms with Gasteiger partial charge in [-0.1, -0.05) is 98.3 Å². The standard InChI is InChI=1S/C30H58O6Si2/c1-7-13-22-31-37(32-23-14-8-2,33-24-15-9-3)29-20-19-21-30(28-29)38(34-25-16-10-4,35-26-17-11-5)36-27-18-12-6/h19-21,28H,7-18,22-27H2,1-6H3. The third-order valence-corrected chi connectivity index (χ3v) is 11.9. The Bertz CT molecular complexity index is 584. The van der Waals surface area contributed by atoms with Crippen LogP contribution in [0.4, 0.5) is 0 Å². The molecule has 0 atom stereocenters. The summed E-state index contributed by atoms with van der Waals surface area (Å²) < 4.78 is 39.6. The molecule has 0 amide bonds. The number of hydrogen-bond donors (Lipinski definition) is 0. The van der Waals surface area contributed by atoms with Crippen molar-refractivity contribution in [3.05, 3.63) is 24.3 Å². The lowest BCUT2D eigenvalue weighted by Gasteiger charge is -2.33. The van der Waals surface area contributed by atoms with Gasteiger partial charge in [-0.3, -0.25) is 0 Å². The predicted molar refractivity (Wildman–Crippen MR) is 162 cm³/mol. The van der Waals surface area contributed by atoms with Gasteiger partial charge in [0.25, 0.3) is 0 Å². The van der Waals surface area contributed by atoms with Crippen LogP contribution in [0.5, 0.6) is 0 Å². The molecule has 0 unspecified atom stereocenters. The Morgan fingerprint density at radius 2 is 0.658 bits per heavy atom. The highest BCUT2D eigenvalue weighted by molar-refractivity contribution is 6.78. The molecule has 0 aromatic heterocycles. The van der Waals surface area contributed by atoms with E-state index in [1.807, 2.05) is 0 Å². The summed E-state index contributed by atoms with van der Waals surface area (Å²) >= 11 is 0. The van der Waals surface area contributed by atoms with Crippen LogP contribution in [0, 0.1) is 0 Å². The van der Waals surface area contributed by atoms with E-state index in [2.05, 4.69) is 65.8 Å². The van der Waals surface area contributed by atoms with Crippen molar-refractivity contribution in [3.63, 3.8) is 0 Å². The van der Waals surface area contributed by atoms with Crippen LogP contribution < -0.4 is 10.4 Å². The van der Waals surface area contributed by atoms with Gasteiger partial charge in [-0.25, -0.2) is 0 Å². The van der Waals surface area contributed by atoms with Crippen molar-refractivity contribution >= 4 is 28.0 Å². The van der Waals surface area contributed by atoms with E-state index in [4.69, 9.17) is 26.6 Å². The molecule has 6 nitrogen and oxygen atoms in total. The first-order valence-electron chi connectivity index (χ1n) is 15.5. The lowest BCUT2D eigenvalue weighted by atomic mass is 10.4. The van der Waals surface area contributed by atoms with Gasteiger partial charge in [0.15, 0.2) is 0 Å². The van der Waals surface area contributed by atoms with Gasteiger partial charge < -0.3 is 26.6 Å². The first-order chi connectivity index (χ1) is 18.6. The zero-order chi connectivity index (χ0) is 28.0. The van der Waals surface area contributed by atoms with Gasteiger partial charge >= 0.3 is 17.6 Å². The number of benzene rings is 1. The Morgan fingerprint density at radius 3 is 0.868 bits per heavy atom. The molecule has 0 aliphatic heterocycles. The van der Waals surface area contributed by atoms with Crippen LogP contribution in [0.25, 0.3) is 0 Å². The summed E-state index contributed by atoms with van der Waals surface area (Å²) in [6, 6.07) is 8.43. The van der Waals surface area contributed by atoms with Crippen LogP contribution in [0.1, 0.15) is 119 Å². The molecule has 0 aliphatic carbocycles. The summed E-state index contributed by atoms with van der Waals surface area (Å²) in [5.74, 6) is 0. The third kappa shape index (κ3) is 12.7. The zero-order valence-electron chi connectivity index (χ0n) is 25.5. The smallest absolute Gasteiger partial charge is 0.370 e. The van der Waals surface area contributed by atoms with Crippen LogP contribution in [0.15, 0.2) is 24.3 Å². The molecular formula is C30H58O6Si2. The molecule has 1 rings (SSSR count). The van der Waals surface area contributed by atoms with Crippen LogP contribution in [0.2, 0.25) is 0 Å². The van der Waals surface area contributed by atoms with Gasteiger partial charge in [-0.05, 0) is 44.6 Å². The highest BCUT2D eigenvalue weighted by atomic mass is 28.4. The number of unbranched alkanes of at least 4 members (excludes halogenated alkanes) is 6. The Balaban J connectivity index is 3.53. The number of hydrogen-bond acceptors (Lipinski definition) is 6. The summed E-state index contributed by atoms with van der Waals surface area (Å²) in [6.45, 7) is 16.8. The summed E-state index contributed by atoms with van der Waals surface area (Å²) in [6.07, 6.45) is 12.2. The second-order valence-electron chi connectivity index (χ2n) is 9.91. The molecule has 0 heterocycles. The first kappa shape index (κ1) is 35.4. The molecule has 1 aromatic rings. The van der Waals surface area contributed by atoms with Gasteiger partial charge in [0.1, 0.15) is 0 Å². The van der Waals surface area contributed by atoms with Crippen LogP contribution in [-0.4, -0.2) is 57.3 Å². The fourth-order valence-corrected chi connectivity index (χ4v) is 9.14. The molecule has 0 saturated carbocycles. The molecular weight excluding hydrogens is 512 g/mol. The van der Waals surface area contributed by atoms with Crippen molar-refractivity contribution < 1.29 is 26.6 Å². The molecule has 0 radical (unpaired) electrons. The van der Waals surface area contributed by atoms with E-state index in [0.717, 1.165) is 87.4 Å². The maximum Gasteiger partial charge on any atom is 0.537 e. The molecule has 38 heavy (non-hydrogen) atoms. The lowest BCUT2D eigenvalue weighted by molar-refractivity contribution is 0.0694. The molecule has 8 heteroatoms. The molecule has 0 spiro atoms. The second kappa shape index (κ2) is 22.1. The van der Waals surface area contributed by atoms with E-state index in [9.17, 15) is 0 Å². The predicted octanol–water partition coefficient (Wildman–Crippen LogP) is 6.88. The maximum atomic E-state index is 6.60. The zero-order valence-corrected chi connectivity index (χ0v) is 27.5. The Kier molecular flexibility index (Phi) is 20.7. The summed E-state index contributed by atoms with van der Waals surface area (Å²) in [4.78, 5) is 0. The van der Waals surface area contributed by atoms with Gasteiger partial charge in [0, 0.05) is 50.0 Å². The van der Waals surface area contributed by atoms with Crippen molar-refractivity contribution in [1.82, 2.24) is 0 Å². The first-order valence-corrected chi connectivity index (χ1v) is 19.0. The third-order valence-electron chi connectivity index (χ3n) is 6.31. The average Bonchev–Trinajstić information content (AvgIpc) is 2.93. The summed E-state index contributed by atoms with van der Waals surface area (Å²) in [5, 5.41) is 1.96. The van der Waals surface area contributed by atoms with Crippen LogP contribution in [0.3, 0.4) is 0 Å². The van der Waals surface area contributed by atoms with Crippen LogP contribution >= 0.6 is 0 Å². The molecule has 222 valence electrons. The quantitative estimate of drug-likeness (QED) is 0.0894. The average molecular weight is 571 g/mol. The molecule has 0 N–H and O–H groups in total. The van der Waals surface area contributed by atoms with E-state index < -0.39 is 17.6 Å². The van der Waals surface area contributed by atoms with Gasteiger partial charge in [-0.2, -0.15) is 0 Å². The maximum absolute atomic E-state index is 6.60. The highest BCUT2D eigenvalue weighted by Crippen LogP contribution is 2.18. The van der Waals surface area contributed by atoms with E-state index in [1.165, 1.54) is 0 Å². The van der Waals surface area contributed by atoms with Gasteiger partial charge in [-0.15, -0.1) is 0 Å². The topological polar surface area (TPSA) is 55.4 Å². The van der Waals surface area contributed by atoms with Crippen molar-refractivity contribution in [2.24, 2.45) is 0 Å². The SMILES string of the molecule is CCCCO[Si](OCCCC)(OCCCC)c1cccc([Si](OCCCC)(OCCCC)OCCCC)c1. The fraction of sp³-hybridized carbons (Fsp3) is 0.800. The normalized spacial score (nSPS) is 12.4. The highest BCUT2D eigenvalue weighted by Gasteiger charge is 2.48. The van der Waals surface area contributed by atoms with Crippen molar-refractivity contribution in [3.8, 4) is 0 Å². The number of rotatable bonds is 26. The lowest BCUT2D eigenvalue weighted by Crippen LogP contribution is -2.62. The largest absolute Gasteiger partial charge is 0.537 e. The monoisotopic (exact) mass is 570 g/mol. The second-order valence-corrected chi connectivity index (χ2v) is 15.0. The van der Waals surface area contributed by atoms with Gasteiger partial charge in [0.2, 0.25) is 0 Å². The Labute approximate surface area is 236 Å². The van der Waals surface area contributed by atoms with E-state index in [0.29, 0.717) is 39.6 Å². The van der Waals surface area contributed by atoms with E-state index >= 15 is 0 Å². The molecule has 0 bridgehead atoms. The summed E-state index contributed by atoms with van der Waals surface area (Å²) in [7, 11) is -6.30. The minimum Gasteiger partial charge on any atom is -0.370 e. The molecule has 0 aliphatic rings. The molecule has 1 aromatic carbocycles. The molecule has 0 saturated heterocycles. The molecule has 0 fully saturated rings. The van der Waals surface area contributed by atoms with E-state index in [-0.39, 0.29) is 0 Å². The minimum absolute atomic E-state index is 0.626. The van der Waals surface area contributed by atoms with Crippen LogP contribution in [-0.2, 0) is 26.6 Å².